The molecule has 1 amide bonds. The molecule has 1 fully saturated rings. The van der Waals surface area contributed by atoms with Crippen LogP contribution in [0.4, 0.5) is 5.13 Å². The van der Waals surface area contributed by atoms with E-state index < -0.39 is 0 Å². The van der Waals surface area contributed by atoms with Crippen molar-refractivity contribution in [3.63, 3.8) is 0 Å². The van der Waals surface area contributed by atoms with Crippen molar-refractivity contribution in [3.05, 3.63) is 58.9 Å². The zero-order chi connectivity index (χ0) is 20.2. The molecule has 0 saturated carbocycles. The molecule has 0 spiro atoms. The van der Waals surface area contributed by atoms with E-state index >= 15 is 0 Å². The molecule has 7 heteroatoms. The minimum absolute atomic E-state index is 0.156. The summed E-state index contributed by atoms with van der Waals surface area (Å²) in [5.41, 5.74) is 3.47. The quantitative estimate of drug-likeness (QED) is 0.656. The Labute approximate surface area is 175 Å². The van der Waals surface area contributed by atoms with E-state index in [0.717, 1.165) is 42.6 Å². The van der Waals surface area contributed by atoms with Crippen molar-refractivity contribution < 1.29 is 4.79 Å². The number of amides is 1. The number of hydrogen-bond acceptors (Lipinski definition) is 5. The minimum atomic E-state index is -0.156. The van der Waals surface area contributed by atoms with Gasteiger partial charge in [-0.25, -0.2) is 9.67 Å². The first kappa shape index (κ1) is 19.8. The van der Waals surface area contributed by atoms with Gasteiger partial charge >= 0.3 is 0 Å². The summed E-state index contributed by atoms with van der Waals surface area (Å²) >= 11 is 1.48. The lowest BCUT2D eigenvalue weighted by atomic mass is 10.0. The van der Waals surface area contributed by atoms with Gasteiger partial charge in [0.15, 0.2) is 5.13 Å². The largest absolute Gasteiger partial charge is 0.298 e. The second-order valence-electron chi connectivity index (χ2n) is 7.69. The van der Waals surface area contributed by atoms with Crippen molar-refractivity contribution in [1.29, 1.82) is 0 Å². The van der Waals surface area contributed by atoms with Gasteiger partial charge < -0.3 is 0 Å². The fourth-order valence-electron chi connectivity index (χ4n) is 3.96. The number of anilines is 1. The Morgan fingerprint density at radius 3 is 2.90 bits per heavy atom. The highest BCUT2D eigenvalue weighted by Gasteiger charge is 2.20. The van der Waals surface area contributed by atoms with Gasteiger partial charge in [-0.3, -0.25) is 15.0 Å². The number of thiazole rings is 1. The first-order valence-corrected chi connectivity index (χ1v) is 11.1. The molecule has 6 nitrogen and oxygen atoms in total. The van der Waals surface area contributed by atoms with Crippen LogP contribution in [0.2, 0.25) is 0 Å². The SMILES string of the molecule is CCc1c(C(=O)Nc2nc(CN3CCCC(C)C3)cs2)cnn1-c1ccccc1. The van der Waals surface area contributed by atoms with Crippen molar-refractivity contribution in [3.8, 4) is 5.69 Å². The van der Waals surface area contributed by atoms with Crippen LogP contribution in [0.3, 0.4) is 0 Å². The number of carbonyl (C=O) groups is 1. The van der Waals surface area contributed by atoms with Crippen LogP contribution in [-0.2, 0) is 13.0 Å². The van der Waals surface area contributed by atoms with Crippen molar-refractivity contribution in [2.75, 3.05) is 18.4 Å². The van der Waals surface area contributed by atoms with E-state index in [1.54, 1.807) is 6.20 Å². The third kappa shape index (κ3) is 4.57. The van der Waals surface area contributed by atoms with E-state index in [1.807, 2.05) is 47.3 Å². The number of aromatic nitrogens is 3. The Hall–Kier alpha value is -2.51. The Bertz CT molecular complexity index is 965. The second kappa shape index (κ2) is 8.88. The fourth-order valence-corrected chi connectivity index (χ4v) is 4.65. The van der Waals surface area contributed by atoms with E-state index in [0.29, 0.717) is 17.1 Å². The molecule has 29 heavy (non-hydrogen) atoms. The predicted octanol–water partition coefficient (Wildman–Crippen LogP) is 4.38. The number of para-hydroxylation sites is 1. The van der Waals surface area contributed by atoms with Crippen LogP contribution < -0.4 is 5.32 Å². The van der Waals surface area contributed by atoms with Gasteiger partial charge in [-0.05, 0) is 43.9 Å². The Morgan fingerprint density at radius 1 is 1.31 bits per heavy atom. The van der Waals surface area contributed by atoms with Gasteiger partial charge in [0.2, 0.25) is 0 Å². The zero-order valence-corrected chi connectivity index (χ0v) is 17.8. The number of nitrogens with zero attached hydrogens (tertiary/aromatic N) is 4. The zero-order valence-electron chi connectivity index (χ0n) is 17.0. The lowest BCUT2D eigenvalue weighted by Crippen LogP contribution is -2.33. The van der Waals surface area contributed by atoms with E-state index in [-0.39, 0.29) is 5.91 Å². The lowest BCUT2D eigenvalue weighted by molar-refractivity contribution is 0.102. The topological polar surface area (TPSA) is 63.1 Å². The molecule has 3 heterocycles. The van der Waals surface area contributed by atoms with Gasteiger partial charge in [-0.1, -0.05) is 32.0 Å². The summed E-state index contributed by atoms with van der Waals surface area (Å²) in [4.78, 5) is 20.0. The van der Waals surface area contributed by atoms with Crippen molar-refractivity contribution in [1.82, 2.24) is 19.7 Å². The summed E-state index contributed by atoms with van der Waals surface area (Å²) in [6.45, 7) is 7.44. The van der Waals surface area contributed by atoms with Crippen LogP contribution >= 0.6 is 11.3 Å². The molecule has 1 saturated heterocycles. The van der Waals surface area contributed by atoms with Gasteiger partial charge in [0.25, 0.3) is 5.91 Å². The monoisotopic (exact) mass is 409 g/mol. The molecule has 152 valence electrons. The third-order valence-corrected chi connectivity index (χ3v) is 6.15. The maximum atomic E-state index is 12.9. The highest BCUT2D eigenvalue weighted by Crippen LogP contribution is 2.22. The molecular weight excluding hydrogens is 382 g/mol. The van der Waals surface area contributed by atoms with Crippen LogP contribution in [0.25, 0.3) is 5.69 Å². The normalized spacial score (nSPS) is 17.4. The van der Waals surface area contributed by atoms with Gasteiger partial charge in [0.1, 0.15) is 0 Å². The smallest absolute Gasteiger partial charge is 0.260 e. The maximum absolute atomic E-state index is 12.9. The molecule has 2 aromatic heterocycles. The second-order valence-corrected chi connectivity index (χ2v) is 8.54. The summed E-state index contributed by atoms with van der Waals surface area (Å²) in [6, 6.07) is 9.88. The molecule has 1 unspecified atom stereocenters. The maximum Gasteiger partial charge on any atom is 0.260 e. The molecule has 1 N–H and O–H groups in total. The average Bonchev–Trinajstić information content (AvgIpc) is 3.35. The number of benzene rings is 1. The first-order chi connectivity index (χ1) is 14.1. The summed E-state index contributed by atoms with van der Waals surface area (Å²) in [5.74, 6) is 0.590. The molecule has 0 radical (unpaired) electrons. The molecular formula is C22H27N5OS. The lowest BCUT2D eigenvalue weighted by Gasteiger charge is -2.30. The number of likely N-dealkylation sites (tertiary alicyclic amines) is 1. The number of carbonyl (C=O) groups excluding carboxylic acids is 1. The molecule has 1 aliphatic heterocycles. The van der Waals surface area contributed by atoms with E-state index in [4.69, 9.17) is 0 Å². The fraction of sp³-hybridized carbons (Fsp3) is 0.409. The summed E-state index contributed by atoms with van der Waals surface area (Å²) in [5, 5.41) is 10.1. The summed E-state index contributed by atoms with van der Waals surface area (Å²) < 4.78 is 1.83. The van der Waals surface area contributed by atoms with Crippen molar-refractivity contribution in [2.24, 2.45) is 5.92 Å². The number of rotatable bonds is 6. The highest BCUT2D eigenvalue weighted by atomic mass is 32.1. The summed E-state index contributed by atoms with van der Waals surface area (Å²) in [7, 11) is 0. The number of hydrogen-bond donors (Lipinski definition) is 1. The highest BCUT2D eigenvalue weighted by molar-refractivity contribution is 7.14. The van der Waals surface area contributed by atoms with E-state index in [2.05, 4.69) is 27.2 Å². The van der Waals surface area contributed by atoms with Crippen LogP contribution in [0, 0.1) is 5.92 Å². The van der Waals surface area contributed by atoms with E-state index in [9.17, 15) is 4.79 Å². The Morgan fingerprint density at radius 2 is 2.14 bits per heavy atom. The Balaban J connectivity index is 1.45. The average molecular weight is 410 g/mol. The number of piperidine rings is 1. The van der Waals surface area contributed by atoms with Crippen LogP contribution in [-0.4, -0.2) is 38.7 Å². The van der Waals surface area contributed by atoms with Crippen LogP contribution in [0.5, 0.6) is 0 Å². The predicted molar refractivity (Wildman–Crippen MR) is 117 cm³/mol. The van der Waals surface area contributed by atoms with Gasteiger partial charge in [0.05, 0.1) is 28.8 Å². The molecule has 4 rings (SSSR count). The van der Waals surface area contributed by atoms with Gasteiger partial charge in [0, 0.05) is 18.5 Å². The molecule has 1 aliphatic rings. The minimum Gasteiger partial charge on any atom is -0.298 e. The summed E-state index contributed by atoms with van der Waals surface area (Å²) in [6.07, 6.45) is 4.92. The van der Waals surface area contributed by atoms with Gasteiger partial charge in [-0.15, -0.1) is 11.3 Å². The Kier molecular flexibility index (Phi) is 6.06. The molecule has 3 aromatic rings. The third-order valence-electron chi connectivity index (χ3n) is 5.35. The number of nitrogens with one attached hydrogen (secondary N) is 1. The standard InChI is InChI=1S/C22H27N5OS/c1-3-20-19(12-23-27(20)18-9-5-4-6-10-18)21(28)25-22-24-17(15-29-22)14-26-11-7-8-16(2)13-26/h4-6,9-10,12,15-16H,3,7-8,11,13-14H2,1-2H3,(H,24,25,28). The van der Waals surface area contributed by atoms with Crippen LogP contribution in [0.15, 0.2) is 41.9 Å². The van der Waals surface area contributed by atoms with Crippen LogP contribution in [0.1, 0.15) is 48.4 Å². The van der Waals surface area contributed by atoms with E-state index in [1.165, 1.54) is 24.2 Å². The molecule has 1 aromatic carbocycles. The molecule has 1 atom stereocenters. The van der Waals surface area contributed by atoms with Gasteiger partial charge in [-0.2, -0.15) is 5.10 Å². The molecule has 0 bridgehead atoms. The van der Waals surface area contributed by atoms with Crippen molar-refractivity contribution >= 4 is 22.4 Å². The van der Waals surface area contributed by atoms with Crippen molar-refractivity contribution in [2.45, 2.75) is 39.7 Å². The molecule has 0 aliphatic carbocycles. The first-order valence-electron chi connectivity index (χ1n) is 10.2.